The molecule has 2 unspecified atom stereocenters. The van der Waals surface area contributed by atoms with E-state index >= 15 is 0 Å². The first-order valence-corrected chi connectivity index (χ1v) is 12.3. The first kappa shape index (κ1) is 21.9. The second-order valence-corrected chi connectivity index (χ2v) is 9.72. The van der Waals surface area contributed by atoms with Crippen molar-refractivity contribution in [3.05, 3.63) is 59.9 Å². The molecule has 174 valence electrons. The molecule has 3 aromatic rings. The lowest BCUT2D eigenvalue weighted by Gasteiger charge is -2.35. The van der Waals surface area contributed by atoms with Gasteiger partial charge in [0.25, 0.3) is 0 Å². The summed E-state index contributed by atoms with van der Waals surface area (Å²) in [6, 6.07) is 15.3. The molecule has 6 heteroatoms. The summed E-state index contributed by atoms with van der Waals surface area (Å²) in [6.07, 6.45) is 6.44. The van der Waals surface area contributed by atoms with E-state index in [0.29, 0.717) is 24.1 Å². The van der Waals surface area contributed by atoms with Crippen molar-refractivity contribution in [2.45, 2.75) is 58.0 Å². The summed E-state index contributed by atoms with van der Waals surface area (Å²) in [7, 11) is 0. The number of carbonyl (C=O) groups is 1. The molecule has 2 heterocycles. The zero-order valence-corrected chi connectivity index (χ0v) is 19.3. The molecule has 0 radical (unpaired) electrons. The average Bonchev–Trinajstić information content (AvgIpc) is 3.20. The van der Waals surface area contributed by atoms with E-state index in [9.17, 15) is 9.18 Å². The van der Waals surface area contributed by atoms with Crippen molar-refractivity contribution >= 4 is 22.9 Å². The standard InChI is InChI=1S/C27H33FN4O/c1-19-8-2-5-11-23(19)29-26(33)20-14-16-31(17-15-20)27-30-24-12-6-7-13-25(24)32(27)18-21-9-3-4-10-22(21)28/h3-4,6-7,9-10,12-13,19-20,23H,2,5,8,11,14-18H2,1H3,(H,29,33). The molecule has 2 aliphatic rings. The first-order valence-electron chi connectivity index (χ1n) is 12.3. The lowest BCUT2D eigenvalue weighted by Crippen LogP contribution is -2.47. The summed E-state index contributed by atoms with van der Waals surface area (Å²) in [5, 5.41) is 3.34. The molecule has 1 aliphatic carbocycles. The topological polar surface area (TPSA) is 50.2 Å². The number of halogens is 1. The molecular formula is C27H33FN4O. The number of carbonyl (C=O) groups excluding carboxylic acids is 1. The number of para-hydroxylation sites is 2. The van der Waals surface area contributed by atoms with Crippen LogP contribution in [0, 0.1) is 17.7 Å². The van der Waals surface area contributed by atoms with Gasteiger partial charge in [0.05, 0.1) is 17.6 Å². The SMILES string of the molecule is CC1CCCCC1NC(=O)C1CCN(c2nc3ccccc3n2Cc2ccccc2F)CC1. The highest BCUT2D eigenvalue weighted by atomic mass is 19.1. The van der Waals surface area contributed by atoms with Gasteiger partial charge in [0.2, 0.25) is 11.9 Å². The van der Waals surface area contributed by atoms with Gasteiger partial charge in [0.15, 0.2) is 0 Å². The summed E-state index contributed by atoms with van der Waals surface area (Å²) in [5.41, 5.74) is 2.56. The molecule has 2 atom stereocenters. The molecule has 2 aromatic carbocycles. The van der Waals surface area contributed by atoms with Crippen molar-refractivity contribution in [2.75, 3.05) is 18.0 Å². The largest absolute Gasteiger partial charge is 0.353 e. The molecule has 1 saturated carbocycles. The number of hydrogen-bond acceptors (Lipinski definition) is 3. The van der Waals surface area contributed by atoms with E-state index in [2.05, 4.69) is 21.7 Å². The summed E-state index contributed by atoms with van der Waals surface area (Å²) in [6.45, 7) is 4.24. The normalized spacial score (nSPS) is 21.9. The van der Waals surface area contributed by atoms with E-state index in [1.807, 2.05) is 36.4 Å². The van der Waals surface area contributed by atoms with Gasteiger partial charge in [-0.1, -0.05) is 50.1 Å². The molecule has 1 N–H and O–H groups in total. The van der Waals surface area contributed by atoms with Gasteiger partial charge >= 0.3 is 0 Å². The minimum atomic E-state index is -0.200. The highest BCUT2D eigenvalue weighted by Gasteiger charge is 2.30. The van der Waals surface area contributed by atoms with Gasteiger partial charge in [-0.15, -0.1) is 0 Å². The van der Waals surface area contributed by atoms with Crippen molar-refractivity contribution in [1.29, 1.82) is 0 Å². The Labute approximate surface area is 195 Å². The number of fused-ring (bicyclic) bond motifs is 1. The fraction of sp³-hybridized carbons (Fsp3) is 0.481. The van der Waals surface area contributed by atoms with Crippen molar-refractivity contribution in [2.24, 2.45) is 11.8 Å². The molecule has 5 nitrogen and oxygen atoms in total. The predicted molar refractivity (Wildman–Crippen MR) is 130 cm³/mol. The lowest BCUT2D eigenvalue weighted by atomic mass is 9.85. The minimum Gasteiger partial charge on any atom is -0.353 e. The van der Waals surface area contributed by atoms with Crippen LogP contribution < -0.4 is 10.2 Å². The third-order valence-corrected chi connectivity index (χ3v) is 7.51. The van der Waals surface area contributed by atoms with E-state index in [1.54, 1.807) is 6.07 Å². The molecule has 5 rings (SSSR count). The first-order chi connectivity index (χ1) is 16.1. The smallest absolute Gasteiger partial charge is 0.223 e. The van der Waals surface area contributed by atoms with Crippen LogP contribution in [0.3, 0.4) is 0 Å². The van der Waals surface area contributed by atoms with Gasteiger partial charge in [-0.2, -0.15) is 0 Å². The van der Waals surface area contributed by atoms with Crippen LogP contribution in [0.15, 0.2) is 48.5 Å². The number of hydrogen-bond donors (Lipinski definition) is 1. The number of nitrogens with one attached hydrogen (secondary N) is 1. The number of benzene rings is 2. The number of nitrogens with zero attached hydrogens (tertiary/aromatic N) is 3. The Bertz CT molecular complexity index is 1120. The predicted octanol–water partition coefficient (Wildman–Crippen LogP) is 5.14. The van der Waals surface area contributed by atoms with Gasteiger partial charge in [-0.05, 0) is 49.8 Å². The maximum atomic E-state index is 14.4. The second kappa shape index (κ2) is 9.54. The average molecular weight is 449 g/mol. The Morgan fingerprint density at radius 3 is 2.55 bits per heavy atom. The molecular weight excluding hydrogens is 415 g/mol. The highest BCUT2D eigenvalue weighted by molar-refractivity contribution is 5.80. The zero-order chi connectivity index (χ0) is 22.8. The maximum Gasteiger partial charge on any atom is 0.223 e. The Morgan fingerprint density at radius 1 is 1.03 bits per heavy atom. The Morgan fingerprint density at radius 2 is 1.76 bits per heavy atom. The van der Waals surface area contributed by atoms with Gasteiger partial charge in [-0.25, -0.2) is 9.37 Å². The molecule has 1 aliphatic heterocycles. The van der Waals surface area contributed by atoms with E-state index < -0.39 is 0 Å². The molecule has 1 saturated heterocycles. The van der Waals surface area contributed by atoms with E-state index in [4.69, 9.17) is 4.98 Å². The van der Waals surface area contributed by atoms with Crippen molar-refractivity contribution in [1.82, 2.24) is 14.9 Å². The molecule has 0 spiro atoms. The molecule has 0 bridgehead atoms. The zero-order valence-electron chi connectivity index (χ0n) is 19.3. The number of anilines is 1. The van der Waals surface area contributed by atoms with Gasteiger partial charge < -0.3 is 14.8 Å². The van der Waals surface area contributed by atoms with Gasteiger partial charge in [0.1, 0.15) is 5.82 Å². The highest BCUT2D eigenvalue weighted by Crippen LogP contribution is 2.29. The van der Waals surface area contributed by atoms with Crippen LogP contribution in [0.2, 0.25) is 0 Å². The van der Waals surface area contributed by atoms with Gasteiger partial charge in [0, 0.05) is 30.6 Å². The quantitative estimate of drug-likeness (QED) is 0.588. The van der Waals surface area contributed by atoms with Crippen LogP contribution in [0.1, 0.15) is 51.0 Å². The number of amides is 1. The van der Waals surface area contributed by atoms with Crippen molar-refractivity contribution in [3.8, 4) is 0 Å². The monoisotopic (exact) mass is 448 g/mol. The van der Waals surface area contributed by atoms with Crippen LogP contribution in [0.4, 0.5) is 10.3 Å². The van der Waals surface area contributed by atoms with Crippen LogP contribution in [0.5, 0.6) is 0 Å². The fourth-order valence-electron chi connectivity index (χ4n) is 5.43. The van der Waals surface area contributed by atoms with E-state index in [-0.39, 0.29) is 17.6 Å². The van der Waals surface area contributed by atoms with Gasteiger partial charge in [-0.3, -0.25) is 4.79 Å². The van der Waals surface area contributed by atoms with Crippen LogP contribution in [-0.2, 0) is 11.3 Å². The summed E-state index contributed by atoms with van der Waals surface area (Å²) in [4.78, 5) is 20.1. The number of imidazole rings is 1. The molecule has 2 fully saturated rings. The second-order valence-electron chi connectivity index (χ2n) is 9.72. The Hall–Kier alpha value is -2.89. The molecule has 1 amide bonds. The summed E-state index contributed by atoms with van der Waals surface area (Å²) < 4.78 is 16.5. The lowest BCUT2D eigenvalue weighted by molar-refractivity contribution is -0.126. The third kappa shape index (κ3) is 4.61. The Kier molecular flexibility index (Phi) is 6.34. The minimum absolute atomic E-state index is 0.0553. The molecule has 1 aromatic heterocycles. The third-order valence-electron chi connectivity index (χ3n) is 7.51. The molecule has 33 heavy (non-hydrogen) atoms. The van der Waals surface area contributed by atoms with Crippen molar-refractivity contribution < 1.29 is 9.18 Å². The Balaban J connectivity index is 1.31. The summed E-state index contributed by atoms with van der Waals surface area (Å²) in [5.74, 6) is 1.50. The van der Waals surface area contributed by atoms with Crippen LogP contribution in [-0.4, -0.2) is 34.6 Å². The van der Waals surface area contributed by atoms with Crippen LogP contribution in [0.25, 0.3) is 11.0 Å². The van der Waals surface area contributed by atoms with E-state index in [1.165, 1.54) is 25.3 Å². The van der Waals surface area contributed by atoms with Crippen LogP contribution >= 0.6 is 0 Å². The van der Waals surface area contributed by atoms with E-state index in [0.717, 1.165) is 49.3 Å². The number of rotatable bonds is 5. The number of piperidine rings is 1. The van der Waals surface area contributed by atoms with Crippen molar-refractivity contribution in [3.63, 3.8) is 0 Å². The summed E-state index contributed by atoms with van der Waals surface area (Å²) >= 11 is 0. The maximum absolute atomic E-state index is 14.4. The number of aromatic nitrogens is 2. The fourth-order valence-corrected chi connectivity index (χ4v) is 5.43.